The maximum Gasteiger partial charge on any atom is 0.0991 e. The molecule has 18 heavy (non-hydrogen) atoms. The molecule has 0 saturated heterocycles. The zero-order valence-electron chi connectivity index (χ0n) is 9.98. The summed E-state index contributed by atoms with van der Waals surface area (Å²) in [5.41, 5.74) is 2.01. The number of hydrogen-bond donors (Lipinski definition) is 0. The summed E-state index contributed by atoms with van der Waals surface area (Å²) in [6.07, 6.45) is 1.03. The normalized spacial score (nSPS) is 10.1. The summed E-state index contributed by atoms with van der Waals surface area (Å²) in [6, 6.07) is 16.2. The molecule has 0 bridgehead atoms. The van der Waals surface area contributed by atoms with E-state index in [4.69, 9.17) is 5.26 Å². The quantitative estimate of drug-likeness (QED) is 0.792. The second kappa shape index (κ2) is 6.08. The average Bonchev–Trinajstić information content (AvgIpc) is 2.40. The lowest BCUT2D eigenvalue weighted by atomic mass is 10.2. The van der Waals surface area contributed by atoms with Crippen LogP contribution in [0.5, 0.6) is 0 Å². The zero-order valence-corrected chi connectivity index (χ0v) is 12.4. The Balaban J connectivity index is 2.18. The minimum atomic E-state index is 0.696. The van der Waals surface area contributed by atoms with Crippen LogP contribution >= 0.6 is 27.7 Å². The van der Waals surface area contributed by atoms with Crippen molar-refractivity contribution < 1.29 is 0 Å². The van der Waals surface area contributed by atoms with Crippen molar-refractivity contribution in [2.45, 2.75) is 23.1 Å². The highest BCUT2D eigenvalue weighted by atomic mass is 79.9. The van der Waals surface area contributed by atoms with Crippen molar-refractivity contribution in [1.29, 1.82) is 5.26 Å². The molecular weight excluding hydrogens is 306 g/mol. The van der Waals surface area contributed by atoms with Gasteiger partial charge in [0.05, 0.1) is 11.6 Å². The second-order valence-electron chi connectivity index (χ2n) is 3.85. The minimum absolute atomic E-state index is 0.696. The van der Waals surface area contributed by atoms with Gasteiger partial charge in [-0.05, 0) is 48.4 Å². The Bertz CT molecular complexity index is 584. The van der Waals surface area contributed by atoms with Crippen LogP contribution < -0.4 is 0 Å². The molecular formula is C15H12BrNS. The summed E-state index contributed by atoms with van der Waals surface area (Å²) in [5, 5.41) is 8.75. The van der Waals surface area contributed by atoms with E-state index in [1.807, 2.05) is 24.3 Å². The Morgan fingerprint density at radius 3 is 2.33 bits per heavy atom. The van der Waals surface area contributed by atoms with Crippen molar-refractivity contribution in [2.24, 2.45) is 0 Å². The van der Waals surface area contributed by atoms with Gasteiger partial charge in [-0.3, -0.25) is 0 Å². The van der Waals surface area contributed by atoms with Gasteiger partial charge in [-0.1, -0.05) is 40.7 Å². The van der Waals surface area contributed by atoms with Crippen LogP contribution in [0.2, 0.25) is 0 Å². The van der Waals surface area contributed by atoms with Crippen LogP contribution in [0.1, 0.15) is 18.1 Å². The Morgan fingerprint density at radius 1 is 1.11 bits per heavy atom. The van der Waals surface area contributed by atoms with Crippen molar-refractivity contribution in [3.05, 3.63) is 58.1 Å². The van der Waals surface area contributed by atoms with E-state index in [1.54, 1.807) is 11.8 Å². The molecule has 0 N–H and O–H groups in total. The van der Waals surface area contributed by atoms with Crippen LogP contribution in [0.25, 0.3) is 0 Å². The summed E-state index contributed by atoms with van der Waals surface area (Å²) in [6.45, 7) is 2.15. The molecule has 90 valence electrons. The van der Waals surface area contributed by atoms with E-state index < -0.39 is 0 Å². The van der Waals surface area contributed by atoms with E-state index in [-0.39, 0.29) is 0 Å². The molecule has 0 unspecified atom stereocenters. The van der Waals surface area contributed by atoms with E-state index in [2.05, 4.69) is 47.1 Å². The molecule has 0 saturated carbocycles. The molecule has 0 fully saturated rings. The van der Waals surface area contributed by atoms with Crippen LogP contribution in [-0.2, 0) is 6.42 Å². The maximum atomic E-state index is 8.75. The lowest BCUT2D eigenvalue weighted by Crippen LogP contribution is -1.83. The predicted molar refractivity (Wildman–Crippen MR) is 78.8 cm³/mol. The molecule has 2 rings (SSSR count). The van der Waals surface area contributed by atoms with Gasteiger partial charge in [0.15, 0.2) is 0 Å². The maximum absolute atomic E-state index is 8.75. The third-order valence-corrected chi connectivity index (χ3v) is 4.36. The summed E-state index contributed by atoms with van der Waals surface area (Å²) in [4.78, 5) is 2.34. The van der Waals surface area contributed by atoms with E-state index in [0.717, 1.165) is 15.8 Å². The molecule has 3 heteroatoms. The number of benzene rings is 2. The van der Waals surface area contributed by atoms with Gasteiger partial charge in [-0.25, -0.2) is 0 Å². The molecule has 2 aromatic rings. The fourth-order valence-electron chi connectivity index (χ4n) is 1.61. The van der Waals surface area contributed by atoms with Crippen LogP contribution in [0.4, 0.5) is 0 Å². The van der Waals surface area contributed by atoms with Crippen molar-refractivity contribution >= 4 is 27.7 Å². The smallest absolute Gasteiger partial charge is 0.0991 e. The van der Waals surface area contributed by atoms with Crippen LogP contribution in [0.3, 0.4) is 0 Å². The van der Waals surface area contributed by atoms with Gasteiger partial charge in [0.25, 0.3) is 0 Å². The monoisotopic (exact) mass is 317 g/mol. The molecule has 1 nitrogen and oxygen atoms in total. The second-order valence-corrected chi connectivity index (χ2v) is 5.85. The highest BCUT2D eigenvalue weighted by Gasteiger charge is 2.02. The van der Waals surface area contributed by atoms with Gasteiger partial charge < -0.3 is 0 Å². The molecule has 0 aliphatic carbocycles. The number of nitriles is 1. The van der Waals surface area contributed by atoms with Gasteiger partial charge in [0, 0.05) is 14.3 Å². The molecule has 2 aromatic carbocycles. The summed E-state index contributed by atoms with van der Waals surface area (Å²) in [5.74, 6) is 0. The number of rotatable bonds is 3. The third kappa shape index (κ3) is 3.16. The summed E-state index contributed by atoms with van der Waals surface area (Å²) < 4.78 is 1.16. The summed E-state index contributed by atoms with van der Waals surface area (Å²) >= 11 is 5.29. The number of halogens is 1. The van der Waals surface area contributed by atoms with Gasteiger partial charge >= 0.3 is 0 Å². The Kier molecular flexibility index (Phi) is 4.46. The Hall–Kier alpha value is -1.24. The average molecular weight is 318 g/mol. The zero-order chi connectivity index (χ0) is 13.0. The van der Waals surface area contributed by atoms with E-state index >= 15 is 0 Å². The first-order valence-electron chi connectivity index (χ1n) is 5.69. The molecule has 0 aromatic heterocycles. The largest absolute Gasteiger partial charge is 0.192 e. The molecule has 0 aliphatic heterocycles. The van der Waals surface area contributed by atoms with Crippen LogP contribution in [-0.4, -0.2) is 0 Å². The standard InChI is InChI=1S/C15H12BrNS/c1-2-12-5-8-14(9-15(12)16)18-13-6-3-11(10-17)4-7-13/h3-9H,2H2,1H3. The molecule has 0 amide bonds. The number of nitrogens with zero attached hydrogens (tertiary/aromatic N) is 1. The van der Waals surface area contributed by atoms with Crippen molar-refractivity contribution in [3.8, 4) is 6.07 Å². The van der Waals surface area contributed by atoms with Gasteiger partial charge in [0.2, 0.25) is 0 Å². The van der Waals surface area contributed by atoms with Gasteiger partial charge in [-0.15, -0.1) is 0 Å². The summed E-state index contributed by atoms with van der Waals surface area (Å²) in [7, 11) is 0. The molecule has 0 atom stereocenters. The predicted octanol–water partition coefficient (Wildman–Crippen LogP) is 5.03. The first-order valence-corrected chi connectivity index (χ1v) is 7.30. The first-order chi connectivity index (χ1) is 8.72. The van der Waals surface area contributed by atoms with Crippen molar-refractivity contribution in [2.75, 3.05) is 0 Å². The molecule has 0 heterocycles. The van der Waals surface area contributed by atoms with E-state index in [1.165, 1.54) is 10.5 Å². The topological polar surface area (TPSA) is 23.8 Å². The number of aryl methyl sites for hydroxylation is 1. The molecule has 0 radical (unpaired) electrons. The molecule has 0 spiro atoms. The van der Waals surface area contributed by atoms with Gasteiger partial charge in [-0.2, -0.15) is 5.26 Å². The third-order valence-electron chi connectivity index (χ3n) is 2.62. The van der Waals surface area contributed by atoms with Crippen molar-refractivity contribution in [3.63, 3.8) is 0 Å². The first kappa shape index (κ1) is 13.2. The lowest BCUT2D eigenvalue weighted by molar-refractivity contribution is 1.12. The molecule has 0 aliphatic rings. The highest BCUT2D eigenvalue weighted by Crippen LogP contribution is 2.31. The fraction of sp³-hybridized carbons (Fsp3) is 0.133. The lowest BCUT2D eigenvalue weighted by Gasteiger charge is -2.05. The van der Waals surface area contributed by atoms with Crippen molar-refractivity contribution in [1.82, 2.24) is 0 Å². The van der Waals surface area contributed by atoms with Gasteiger partial charge in [0.1, 0.15) is 0 Å². The van der Waals surface area contributed by atoms with E-state index in [9.17, 15) is 0 Å². The Morgan fingerprint density at radius 2 is 1.78 bits per heavy atom. The Labute approximate surface area is 120 Å². The van der Waals surface area contributed by atoms with Crippen LogP contribution in [0.15, 0.2) is 56.7 Å². The fourth-order valence-corrected chi connectivity index (χ4v) is 3.28. The SMILES string of the molecule is CCc1ccc(Sc2ccc(C#N)cc2)cc1Br. The number of hydrogen-bond acceptors (Lipinski definition) is 2. The van der Waals surface area contributed by atoms with E-state index in [0.29, 0.717) is 5.56 Å². The highest BCUT2D eigenvalue weighted by molar-refractivity contribution is 9.10. The minimum Gasteiger partial charge on any atom is -0.192 e. The van der Waals surface area contributed by atoms with Crippen LogP contribution in [0, 0.1) is 11.3 Å².